The number of rotatable bonds is 2. The van der Waals surface area contributed by atoms with Crippen LogP contribution in [0.5, 0.6) is 0 Å². The van der Waals surface area contributed by atoms with Gasteiger partial charge in [-0.1, -0.05) is 19.4 Å². The summed E-state index contributed by atoms with van der Waals surface area (Å²) >= 11 is 0. The van der Waals surface area contributed by atoms with Crippen LogP contribution in [0.15, 0.2) is 12.1 Å². The molecule has 0 spiro atoms. The topological polar surface area (TPSA) is 61.0 Å². The van der Waals surface area contributed by atoms with Crippen molar-refractivity contribution in [2.24, 2.45) is 0 Å². The third-order valence-corrected chi connectivity index (χ3v) is 2.15. The Hall–Kier alpha value is -1.02. The van der Waals surface area contributed by atoms with Crippen molar-refractivity contribution in [3.05, 3.63) is 28.8 Å². The van der Waals surface area contributed by atoms with Crippen molar-refractivity contribution in [1.82, 2.24) is 6.15 Å². The molecule has 1 aromatic carbocycles. The second-order valence-electron chi connectivity index (χ2n) is 3.40. The Morgan fingerprint density at radius 2 is 1.85 bits per heavy atom. The summed E-state index contributed by atoms with van der Waals surface area (Å²) in [5.74, 6) is 0. The van der Waals surface area contributed by atoms with Crippen LogP contribution >= 0.6 is 0 Å². The summed E-state index contributed by atoms with van der Waals surface area (Å²) in [6.45, 7) is 6.40. The molecule has 0 unspecified atom stereocenters. The number of anilines is 1. The summed E-state index contributed by atoms with van der Waals surface area (Å²) in [7, 11) is 0. The largest absolute Gasteiger partial charge is 0.398 e. The van der Waals surface area contributed by atoms with Crippen molar-refractivity contribution in [3.63, 3.8) is 0 Å². The molecule has 2 nitrogen and oxygen atoms in total. The van der Waals surface area contributed by atoms with Gasteiger partial charge >= 0.3 is 0 Å². The summed E-state index contributed by atoms with van der Waals surface area (Å²) in [4.78, 5) is 0. The molecule has 0 bridgehead atoms. The second-order valence-corrected chi connectivity index (χ2v) is 3.40. The number of aryl methyl sites for hydroxylation is 2. The molecule has 1 rings (SSSR count). The van der Waals surface area contributed by atoms with Gasteiger partial charge in [0.25, 0.3) is 0 Å². The lowest BCUT2D eigenvalue weighted by molar-refractivity contribution is 0.914. The molecule has 0 aromatic heterocycles. The first-order chi connectivity index (χ1) is 5.65. The first kappa shape index (κ1) is 12.0. The second kappa shape index (κ2) is 4.87. The maximum atomic E-state index is 5.91. The smallest absolute Gasteiger partial charge is 0.0351 e. The highest BCUT2D eigenvalue weighted by atomic mass is 14.6. The van der Waals surface area contributed by atoms with E-state index in [1.54, 1.807) is 0 Å². The molecule has 0 fully saturated rings. The van der Waals surface area contributed by atoms with E-state index in [1.165, 1.54) is 16.7 Å². The standard InChI is InChI=1S/C11H17N.H3N/c1-4-5-10-9(3)6-8(2)7-11(10)12;/h6-7H,4-5,12H2,1-3H3;1H3. The average molecular weight is 180 g/mol. The average Bonchev–Trinajstić information content (AvgIpc) is 1.96. The van der Waals surface area contributed by atoms with Gasteiger partial charge in [-0.25, -0.2) is 0 Å². The minimum atomic E-state index is 0. The summed E-state index contributed by atoms with van der Waals surface area (Å²) in [6.07, 6.45) is 2.26. The molecule has 74 valence electrons. The van der Waals surface area contributed by atoms with Crippen LogP contribution in [0.25, 0.3) is 0 Å². The molecule has 0 aliphatic rings. The van der Waals surface area contributed by atoms with E-state index in [-0.39, 0.29) is 6.15 Å². The molecule has 1 aromatic rings. The molecule has 0 radical (unpaired) electrons. The normalized spacial score (nSPS) is 9.46. The Morgan fingerprint density at radius 1 is 1.23 bits per heavy atom. The highest BCUT2D eigenvalue weighted by molar-refractivity contribution is 5.53. The minimum absolute atomic E-state index is 0. The van der Waals surface area contributed by atoms with E-state index in [9.17, 15) is 0 Å². The van der Waals surface area contributed by atoms with Crippen LogP contribution in [0.4, 0.5) is 5.69 Å². The Morgan fingerprint density at radius 3 is 2.31 bits per heavy atom. The van der Waals surface area contributed by atoms with Crippen molar-refractivity contribution in [3.8, 4) is 0 Å². The van der Waals surface area contributed by atoms with E-state index in [1.807, 2.05) is 0 Å². The first-order valence-corrected chi connectivity index (χ1v) is 4.50. The van der Waals surface area contributed by atoms with Crippen molar-refractivity contribution < 1.29 is 0 Å². The van der Waals surface area contributed by atoms with E-state index in [4.69, 9.17) is 5.73 Å². The van der Waals surface area contributed by atoms with Gasteiger partial charge in [-0.3, -0.25) is 0 Å². The molecule has 0 atom stereocenters. The van der Waals surface area contributed by atoms with E-state index < -0.39 is 0 Å². The van der Waals surface area contributed by atoms with Crippen molar-refractivity contribution in [2.45, 2.75) is 33.6 Å². The zero-order chi connectivity index (χ0) is 9.14. The monoisotopic (exact) mass is 180 g/mol. The fourth-order valence-corrected chi connectivity index (χ4v) is 1.62. The van der Waals surface area contributed by atoms with Crippen LogP contribution in [-0.4, -0.2) is 0 Å². The van der Waals surface area contributed by atoms with Gasteiger partial charge in [-0.2, -0.15) is 0 Å². The van der Waals surface area contributed by atoms with Crippen molar-refractivity contribution in [2.75, 3.05) is 5.73 Å². The zero-order valence-corrected chi connectivity index (χ0v) is 8.85. The van der Waals surface area contributed by atoms with Crippen molar-refractivity contribution >= 4 is 5.69 Å². The van der Waals surface area contributed by atoms with Gasteiger partial charge in [0.05, 0.1) is 0 Å². The predicted octanol–water partition coefficient (Wildman–Crippen LogP) is 3.00. The quantitative estimate of drug-likeness (QED) is 0.687. The molecule has 13 heavy (non-hydrogen) atoms. The van der Waals surface area contributed by atoms with Gasteiger partial charge in [-0.15, -0.1) is 0 Å². The molecule has 0 aliphatic carbocycles. The number of hydrogen-bond acceptors (Lipinski definition) is 2. The number of nitrogens with two attached hydrogens (primary N) is 1. The highest BCUT2D eigenvalue weighted by Gasteiger charge is 2.02. The zero-order valence-electron chi connectivity index (χ0n) is 8.85. The molecule has 0 aliphatic heterocycles. The summed E-state index contributed by atoms with van der Waals surface area (Å²) in [5.41, 5.74) is 10.8. The number of hydrogen-bond donors (Lipinski definition) is 2. The van der Waals surface area contributed by atoms with Crippen LogP contribution in [0.1, 0.15) is 30.0 Å². The summed E-state index contributed by atoms with van der Waals surface area (Å²) in [5, 5.41) is 0. The number of benzene rings is 1. The van der Waals surface area contributed by atoms with Gasteiger partial charge in [0.15, 0.2) is 0 Å². The predicted molar refractivity (Wildman–Crippen MR) is 59.3 cm³/mol. The van der Waals surface area contributed by atoms with Gasteiger partial charge in [-0.05, 0) is 43.0 Å². The van der Waals surface area contributed by atoms with Crippen molar-refractivity contribution in [1.29, 1.82) is 0 Å². The van der Waals surface area contributed by atoms with Crippen LogP contribution in [-0.2, 0) is 6.42 Å². The third kappa shape index (κ3) is 2.74. The van der Waals surface area contributed by atoms with Crippen LogP contribution in [0, 0.1) is 13.8 Å². The van der Waals surface area contributed by atoms with E-state index >= 15 is 0 Å². The number of nitrogen functional groups attached to an aromatic ring is 1. The fourth-order valence-electron chi connectivity index (χ4n) is 1.62. The van der Waals surface area contributed by atoms with E-state index in [0.717, 1.165) is 18.5 Å². The van der Waals surface area contributed by atoms with Crippen LogP contribution in [0.3, 0.4) is 0 Å². The van der Waals surface area contributed by atoms with Crippen LogP contribution < -0.4 is 11.9 Å². The minimum Gasteiger partial charge on any atom is -0.398 e. The molecule has 0 heterocycles. The first-order valence-electron chi connectivity index (χ1n) is 4.50. The van der Waals surface area contributed by atoms with Gasteiger partial charge in [0, 0.05) is 5.69 Å². The maximum absolute atomic E-state index is 5.91. The highest BCUT2D eigenvalue weighted by Crippen LogP contribution is 2.20. The Bertz CT molecular complexity index is 256. The van der Waals surface area contributed by atoms with Gasteiger partial charge in [0.2, 0.25) is 0 Å². The Balaban J connectivity index is 0.00000144. The lowest BCUT2D eigenvalue weighted by Crippen LogP contribution is -1.97. The lowest BCUT2D eigenvalue weighted by Gasteiger charge is -2.09. The summed E-state index contributed by atoms with van der Waals surface area (Å²) < 4.78 is 0. The Labute approximate surface area is 80.7 Å². The Kier molecular flexibility index (Phi) is 4.49. The summed E-state index contributed by atoms with van der Waals surface area (Å²) in [6, 6.07) is 4.25. The molecule has 2 heteroatoms. The third-order valence-electron chi connectivity index (χ3n) is 2.15. The molecule has 5 N–H and O–H groups in total. The SMILES string of the molecule is CCCc1c(C)cc(C)cc1N.N. The molecule has 0 amide bonds. The van der Waals surface area contributed by atoms with Gasteiger partial charge < -0.3 is 11.9 Å². The molecule has 0 saturated carbocycles. The fraction of sp³-hybridized carbons (Fsp3) is 0.455. The van der Waals surface area contributed by atoms with Gasteiger partial charge in [0.1, 0.15) is 0 Å². The lowest BCUT2D eigenvalue weighted by atomic mass is 10.00. The van der Waals surface area contributed by atoms with E-state index in [2.05, 4.69) is 32.9 Å². The molecular formula is C11H20N2. The van der Waals surface area contributed by atoms with E-state index in [0.29, 0.717) is 0 Å². The van der Waals surface area contributed by atoms with Crippen LogP contribution in [0.2, 0.25) is 0 Å². The molecule has 0 saturated heterocycles. The maximum Gasteiger partial charge on any atom is 0.0351 e. The molecular weight excluding hydrogens is 160 g/mol.